The van der Waals surface area contributed by atoms with Crippen molar-refractivity contribution >= 4 is 17.3 Å². The standard InChI is InChI=1S/C11H18N2O2S/c1-8(10(14)15-11(2,3)4)13-6-9-5-12-7-16-9/h5,7-8,13H,6H2,1-4H3/t8-/m0/s1. The zero-order valence-electron chi connectivity index (χ0n) is 10.1. The van der Waals surface area contributed by atoms with Crippen molar-refractivity contribution in [2.75, 3.05) is 0 Å². The van der Waals surface area contributed by atoms with Gasteiger partial charge in [-0.15, -0.1) is 11.3 Å². The van der Waals surface area contributed by atoms with Crippen LogP contribution in [0.15, 0.2) is 11.7 Å². The number of nitrogens with zero attached hydrogens (tertiary/aromatic N) is 1. The first-order chi connectivity index (χ1) is 7.38. The monoisotopic (exact) mass is 242 g/mol. The first-order valence-electron chi connectivity index (χ1n) is 5.22. The number of hydrogen-bond acceptors (Lipinski definition) is 5. The number of ether oxygens (including phenoxy) is 1. The van der Waals surface area contributed by atoms with Crippen molar-refractivity contribution in [2.45, 2.75) is 45.9 Å². The Labute approximate surface area is 100 Å². The molecule has 0 spiro atoms. The Morgan fingerprint density at radius 3 is 2.81 bits per heavy atom. The van der Waals surface area contributed by atoms with E-state index >= 15 is 0 Å². The first kappa shape index (κ1) is 13.1. The van der Waals surface area contributed by atoms with Gasteiger partial charge in [0.2, 0.25) is 0 Å². The lowest BCUT2D eigenvalue weighted by atomic mass is 10.2. The minimum atomic E-state index is -0.433. The molecule has 1 atom stereocenters. The number of carbonyl (C=O) groups is 1. The number of esters is 1. The van der Waals surface area contributed by atoms with E-state index in [0.717, 1.165) is 4.88 Å². The van der Waals surface area contributed by atoms with Gasteiger partial charge in [-0.3, -0.25) is 15.1 Å². The highest BCUT2D eigenvalue weighted by molar-refractivity contribution is 7.09. The molecule has 1 aromatic heterocycles. The van der Waals surface area contributed by atoms with Gasteiger partial charge in [0.15, 0.2) is 0 Å². The Morgan fingerprint density at radius 1 is 1.62 bits per heavy atom. The van der Waals surface area contributed by atoms with E-state index in [9.17, 15) is 4.79 Å². The van der Waals surface area contributed by atoms with E-state index in [1.165, 1.54) is 0 Å². The zero-order valence-corrected chi connectivity index (χ0v) is 10.9. The molecule has 1 N–H and O–H groups in total. The quantitative estimate of drug-likeness (QED) is 0.820. The highest BCUT2D eigenvalue weighted by Crippen LogP contribution is 2.09. The van der Waals surface area contributed by atoms with Crippen molar-refractivity contribution in [3.8, 4) is 0 Å². The summed E-state index contributed by atoms with van der Waals surface area (Å²) < 4.78 is 5.26. The number of aromatic nitrogens is 1. The summed E-state index contributed by atoms with van der Waals surface area (Å²) >= 11 is 1.56. The third-order valence-electron chi connectivity index (χ3n) is 1.83. The van der Waals surface area contributed by atoms with Crippen LogP contribution in [0.3, 0.4) is 0 Å². The van der Waals surface area contributed by atoms with Gasteiger partial charge in [0.05, 0.1) is 5.51 Å². The second-order valence-corrected chi connectivity index (χ2v) is 5.57. The summed E-state index contributed by atoms with van der Waals surface area (Å²) in [5.41, 5.74) is 1.34. The fraction of sp³-hybridized carbons (Fsp3) is 0.636. The highest BCUT2D eigenvalue weighted by atomic mass is 32.1. The summed E-state index contributed by atoms with van der Waals surface area (Å²) in [6.45, 7) is 8.03. The van der Waals surface area contributed by atoms with Crippen molar-refractivity contribution in [2.24, 2.45) is 0 Å². The third kappa shape index (κ3) is 4.72. The molecule has 0 aliphatic heterocycles. The molecule has 0 bridgehead atoms. The first-order valence-corrected chi connectivity index (χ1v) is 6.10. The minimum Gasteiger partial charge on any atom is -0.459 e. The van der Waals surface area contributed by atoms with E-state index in [1.54, 1.807) is 30.0 Å². The average molecular weight is 242 g/mol. The fourth-order valence-corrected chi connectivity index (χ4v) is 1.60. The van der Waals surface area contributed by atoms with Crippen LogP contribution >= 0.6 is 11.3 Å². The van der Waals surface area contributed by atoms with Gasteiger partial charge in [-0.05, 0) is 27.7 Å². The van der Waals surface area contributed by atoms with Gasteiger partial charge in [0, 0.05) is 17.6 Å². The lowest BCUT2D eigenvalue weighted by Crippen LogP contribution is -2.38. The molecule has 1 heterocycles. The van der Waals surface area contributed by atoms with Crippen LogP contribution in [0, 0.1) is 0 Å². The van der Waals surface area contributed by atoms with Crippen LogP contribution in [0.5, 0.6) is 0 Å². The highest BCUT2D eigenvalue weighted by Gasteiger charge is 2.21. The van der Waals surface area contributed by atoms with Crippen LogP contribution in [-0.4, -0.2) is 22.6 Å². The number of carbonyl (C=O) groups excluding carboxylic acids is 1. The van der Waals surface area contributed by atoms with E-state index in [1.807, 2.05) is 20.8 Å². The average Bonchev–Trinajstić information content (AvgIpc) is 2.63. The largest absolute Gasteiger partial charge is 0.459 e. The molecule has 0 radical (unpaired) electrons. The predicted octanol–water partition coefficient (Wildman–Crippen LogP) is 1.96. The summed E-state index contributed by atoms with van der Waals surface area (Å²) in [5.74, 6) is -0.225. The Balaban J connectivity index is 2.35. The van der Waals surface area contributed by atoms with E-state index in [2.05, 4.69) is 10.3 Å². The van der Waals surface area contributed by atoms with E-state index in [4.69, 9.17) is 4.74 Å². The van der Waals surface area contributed by atoms with Crippen molar-refractivity contribution in [1.29, 1.82) is 0 Å². The van der Waals surface area contributed by atoms with E-state index in [-0.39, 0.29) is 12.0 Å². The summed E-state index contributed by atoms with van der Waals surface area (Å²) in [6.07, 6.45) is 1.79. The molecule has 90 valence electrons. The van der Waals surface area contributed by atoms with E-state index in [0.29, 0.717) is 6.54 Å². The molecule has 0 fully saturated rings. The number of thiazole rings is 1. The molecular formula is C11H18N2O2S. The summed E-state index contributed by atoms with van der Waals surface area (Å²) in [5, 5.41) is 3.10. The lowest BCUT2D eigenvalue weighted by molar-refractivity contribution is -0.157. The van der Waals surface area contributed by atoms with Crippen molar-refractivity contribution < 1.29 is 9.53 Å². The van der Waals surface area contributed by atoms with Gasteiger partial charge in [0.1, 0.15) is 11.6 Å². The molecule has 0 amide bonds. The molecule has 1 rings (SSSR count). The number of nitrogens with one attached hydrogen (secondary N) is 1. The van der Waals surface area contributed by atoms with Crippen LogP contribution in [0.4, 0.5) is 0 Å². The van der Waals surface area contributed by atoms with Crippen LogP contribution < -0.4 is 5.32 Å². The second kappa shape index (κ2) is 5.41. The molecular weight excluding hydrogens is 224 g/mol. The predicted molar refractivity (Wildman–Crippen MR) is 64.3 cm³/mol. The van der Waals surface area contributed by atoms with Crippen molar-refractivity contribution in [1.82, 2.24) is 10.3 Å². The number of hydrogen-bond donors (Lipinski definition) is 1. The molecule has 1 aromatic rings. The minimum absolute atomic E-state index is 0.225. The van der Waals surface area contributed by atoms with Crippen LogP contribution in [0.2, 0.25) is 0 Å². The molecule has 0 aliphatic carbocycles. The smallest absolute Gasteiger partial charge is 0.323 e. The van der Waals surface area contributed by atoms with Crippen LogP contribution in [0.25, 0.3) is 0 Å². The molecule has 16 heavy (non-hydrogen) atoms. The molecule has 0 aromatic carbocycles. The Bertz CT molecular complexity index is 330. The van der Waals surface area contributed by atoms with Gasteiger partial charge >= 0.3 is 5.97 Å². The normalized spacial score (nSPS) is 13.5. The summed E-state index contributed by atoms with van der Waals surface area (Å²) in [7, 11) is 0. The maximum absolute atomic E-state index is 11.6. The van der Waals surface area contributed by atoms with Crippen LogP contribution in [0.1, 0.15) is 32.6 Å². The maximum Gasteiger partial charge on any atom is 0.323 e. The summed E-state index contributed by atoms with van der Waals surface area (Å²) in [6, 6.07) is -0.304. The molecule has 0 saturated heterocycles. The number of rotatable bonds is 4. The van der Waals surface area contributed by atoms with Gasteiger partial charge in [-0.25, -0.2) is 0 Å². The molecule has 4 nitrogen and oxygen atoms in total. The molecule has 0 unspecified atom stereocenters. The SMILES string of the molecule is C[C@H](NCc1cncs1)C(=O)OC(C)(C)C. The Kier molecular flexibility index (Phi) is 4.44. The molecule has 0 saturated carbocycles. The van der Waals surface area contributed by atoms with Gasteiger partial charge in [0.25, 0.3) is 0 Å². The second-order valence-electron chi connectivity index (χ2n) is 4.60. The Hall–Kier alpha value is -0.940. The van der Waals surface area contributed by atoms with Crippen LogP contribution in [-0.2, 0) is 16.1 Å². The fourth-order valence-electron chi connectivity index (χ4n) is 1.06. The molecule has 0 aliphatic rings. The van der Waals surface area contributed by atoms with Gasteiger partial charge in [-0.1, -0.05) is 0 Å². The topological polar surface area (TPSA) is 51.2 Å². The Morgan fingerprint density at radius 2 is 2.31 bits per heavy atom. The molecule has 5 heteroatoms. The maximum atomic E-state index is 11.6. The van der Waals surface area contributed by atoms with Crippen molar-refractivity contribution in [3.63, 3.8) is 0 Å². The summed E-state index contributed by atoms with van der Waals surface area (Å²) in [4.78, 5) is 16.7. The van der Waals surface area contributed by atoms with Crippen molar-refractivity contribution in [3.05, 3.63) is 16.6 Å². The zero-order chi connectivity index (χ0) is 12.2. The third-order valence-corrected chi connectivity index (χ3v) is 2.61. The lowest BCUT2D eigenvalue weighted by Gasteiger charge is -2.22. The van der Waals surface area contributed by atoms with E-state index < -0.39 is 5.60 Å². The van der Waals surface area contributed by atoms with Gasteiger partial charge < -0.3 is 4.74 Å². The van der Waals surface area contributed by atoms with Gasteiger partial charge in [-0.2, -0.15) is 0 Å².